The van der Waals surface area contributed by atoms with Gasteiger partial charge in [0.2, 0.25) is 0 Å². The van der Waals surface area contributed by atoms with Gasteiger partial charge in [-0.2, -0.15) is 0 Å². The van der Waals surface area contributed by atoms with E-state index in [0.29, 0.717) is 17.9 Å². The molecule has 1 N–H and O–H groups in total. The number of carboxylic acid groups (broad SMARTS) is 1. The van der Waals surface area contributed by atoms with Crippen LogP contribution in [0.2, 0.25) is 0 Å². The first kappa shape index (κ1) is 18.6. The summed E-state index contributed by atoms with van der Waals surface area (Å²) in [5, 5.41) is 10.5. The van der Waals surface area contributed by atoms with E-state index in [1.165, 1.54) is 5.57 Å². The Bertz CT molecular complexity index is 955. The number of ether oxygens (including phenoxy) is 3. The van der Waals surface area contributed by atoms with Crippen molar-refractivity contribution in [3.8, 4) is 11.5 Å². The second kappa shape index (κ2) is 6.31. The van der Waals surface area contributed by atoms with Crippen LogP contribution in [0.25, 0.3) is 0 Å². The van der Waals surface area contributed by atoms with Gasteiger partial charge < -0.3 is 19.3 Å². The molecule has 0 spiro atoms. The molecule has 7 heteroatoms. The second-order valence-electron chi connectivity index (χ2n) is 8.30. The lowest BCUT2D eigenvalue weighted by molar-refractivity contribution is -0.155. The molecule has 1 aromatic rings. The first-order valence-corrected chi connectivity index (χ1v) is 10.0. The van der Waals surface area contributed by atoms with Crippen molar-refractivity contribution in [1.29, 1.82) is 0 Å². The molecule has 4 aliphatic rings. The highest BCUT2D eigenvalue weighted by Crippen LogP contribution is 2.63. The molecule has 1 aliphatic carbocycles. The summed E-state index contributed by atoms with van der Waals surface area (Å²) in [5.74, 6) is -0.122. The molecular formula is C22H26N2O5. The summed E-state index contributed by atoms with van der Waals surface area (Å²) >= 11 is 0. The van der Waals surface area contributed by atoms with Gasteiger partial charge in [-0.3, -0.25) is 14.7 Å². The zero-order valence-electron chi connectivity index (χ0n) is 17.1. The van der Waals surface area contributed by atoms with Crippen molar-refractivity contribution < 1.29 is 24.1 Å². The molecule has 29 heavy (non-hydrogen) atoms. The number of carbonyl (C=O) groups is 1. The molecule has 1 saturated carbocycles. The fourth-order valence-corrected chi connectivity index (χ4v) is 6.24. The summed E-state index contributed by atoms with van der Waals surface area (Å²) in [6.45, 7) is 2.72. The normalized spacial score (nSPS) is 35.9. The van der Waals surface area contributed by atoms with Gasteiger partial charge in [-0.1, -0.05) is 11.6 Å². The van der Waals surface area contributed by atoms with Crippen LogP contribution < -0.4 is 9.47 Å². The van der Waals surface area contributed by atoms with E-state index in [-0.39, 0.29) is 18.2 Å². The van der Waals surface area contributed by atoms with Gasteiger partial charge in [-0.05, 0) is 30.9 Å². The maximum Gasteiger partial charge on any atom is 0.308 e. The van der Waals surface area contributed by atoms with Crippen LogP contribution in [0.15, 0.2) is 28.8 Å². The lowest BCUT2D eigenvalue weighted by Gasteiger charge is -2.61. The van der Waals surface area contributed by atoms with Gasteiger partial charge >= 0.3 is 5.97 Å². The minimum absolute atomic E-state index is 0.0151. The molecule has 1 aromatic carbocycles. The van der Waals surface area contributed by atoms with E-state index < -0.39 is 17.3 Å². The minimum atomic E-state index is -0.777. The summed E-state index contributed by atoms with van der Waals surface area (Å²) in [7, 11) is 4.93. The third-order valence-corrected chi connectivity index (χ3v) is 7.42. The Balaban J connectivity index is 1.83. The first-order chi connectivity index (χ1) is 14.0. The second-order valence-corrected chi connectivity index (χ2v) is 8.30. The van der Waals surface area contributed by atoms with Crippen molar-refractivity contribution in [3.63, 3.8) is 0 Å². The maximum absolute atomic E-state index is 12.8. The molecule has 3 heterocycles. The third-order valence-electron chi connectivity index (χ3n) is 7.42. The van der Waals surface area contributed by atoms with E-state index in [0.717, 1.165) is 29.9 Å². The monoisotopic (exact) mass is 398 g/mol. The van der Waals surface area contributed by atoms with E-state index in [4.69, 9.17) is 19.2 Å². The zero-order chi connectivity index (χ0) is 20.5. The lowest BCUT2D eigenvalue weighted by atomic mass is 9.50. The average molecular weight is 398 g/mol. The van der Waals surface area contributed by atoms with Crippen molar-refractivity contribution in [2.45, 2.75) is 37.5 Å². The Morgan fingerprint density at radius 1 is 1.31 bits per heavy atom. The number of benzene rings is 1. The summed E-state index contributed by atoms with van der Waals surface area (Å²) in [5.41, 5.74) is 3.04. The van der Waals surface area contributed by atoms with E-state index in [9.17, 15) is 9.90 Å². The van der Waals surface area contributed by atoms with Crippen LogP contribution in [0, 0.1) is 11.8 Å². The highest BCUT2D eigenvalue weighted by atomic mass is 16.5. The molecule has 5 rings (SSSR count). The largest absolute Gasteiger partial charge is 0.497 e. The predicted molar refractivity (Wildman–Crippen MR) is 107 cm³/mol. The number of hydrogen-bond donors (Lipinski definition) is 1. The van der Waals surface area contributed by atoms with Crippen molar-refractivity contribution in [1.82, 2.24) is 4.90 Å². The van der Waals surface area contributed by atoms with Crippen LogP contribution in [-0.4, -0.2) is 61.8 Å². The van der Waals surface area contributed by atoms with E-state index in [1.807, 2.05) is 19.1 Å². The number of piperidine rings is 2. The molecule has 0 aromatic heterocycles. The number of aliphatic carboxylic acids is 1. The number of methoxy groups -OCH3 is 3. The molecule has 2 saturated heterocycles. The molecule has 0 radical (unpaired) electrons. The maximum atomic E-state index is 12.8. The number of fused-ring (bicyclic) bond motifs is 2. The summed E-state index contributed by atoms with van der Waals surface area (Å²) < 4.78 is 17.0. The zero-order valence-corrected chi connectivity index (χ0v) is 17.1. The number of hydrogen-bond acceptors (Lipinski definition) is 6. The van der Waals surface area contributed by atoms with Crippen LogP contribution in [0.1, 0.15) is 25.3 Å². The number of nitrogens with zero attached hydrogens (tertiary/aromatic N) is 2. The van der Waals surface area contributed by atoms with Crippen molar-refractivity contribution in [3.05, 3.63) is 29.3 Å². The average Bonchev–Trinajstić information content (AvgIpc) is 3.06. The van der Waals surface area contributed by atoms with Gasteiger partial charge in [-0.25, -0.2) is 0 Å². The minimum Gasteiger partial charge on any atom is -0.497 e. The van der Waals surface area contributed by atoms with Crippen LogP contribution in [-0.2, 0) is 14.9 Å². The van der Waals surface area contributed by atoms with E-state index >= 15 is 0 Å². The molecule has 3 bridgehead atoms. The van der Waals surface area contributed by atoms with Gasteiger partial charge in [-0.15, -0.1) is 0 Å². The summed E-state index contributed by atoms with van der Waals surface area (Å²) in [6.07, 6.45) is 3.23. The van der Waals surface area contributed by atoms with Crippen molar-refractivity contribution in [2.75, 3.05) is 27.9 Å². The predicted octanol–water partition coefficient (Wildman–Crippen LogP) is 2.76. The molecule has 0 unspecified atom stereocenters. The highest BCUT2D eigenvalue weighted by Gasteiger charge is 2.67. The third kappa shape index (κ3) is 2.20. The van der Waals surface area contributed by atoms with Gasteiger partial charge in [0.1, 0.15) is 23.4 Å². The smallest absolute Gasteiger partial charge is 0.308 e. The van der Waals surface area contributed by atoms with E-state index in [2.05, 4.69) is 11.0 Å². The number of allylic oxidation sites excluding steroid dienone is 1. The topological polar surface area (TPSA) is 80.6 Å². The molecule has 0 amide bonds. The van der Waals surface area contributed by atoms with Gasteiger partial charge in [0.05, 0.1) is 31.6 Å². The Kier molecular flexibility index (Phi) is 4.05. The fraction of sp³-hybridized carbons (Fsp3) is 0.545. The lowest BCUT2D eigenvalue weighted by Crippen LogP contribution is -2.71. The Morgan fingerprint density at radius 2 is 2.10 bits per heavy atom. The Morgan fingerprint density at radius 3 is 2.72 bits per heavy atom. The molecule has 154 valence electrons. The molecule has 5 atom stereocenters. The number of aliphatic imine (C=N–C) groups is 1. The standard InChI is InChI=1S/C22H26N2O5/c1-5-11-10-24-15-8-13(11)18(21(25)26)22(9-17(24)29-4)14-6-12(27-2)7-16(28-3)19(14)23-20(15)22/h5-7,13,15,17-18H,8-10H2,1-4H3,(H,25,26)/t13-,15-,17-,18-,22-/m0/s1. The van der Waals surface area contributed by atoms with Crippen LogP contribution in [0.4, 0.5) is 5.69 Å². The van der Waals surface area contributed by atoms with E-state index in [1.54, 1.807) is 21.3 Å². The summed E-state index contributed by atoms with van der Waals surface area (Å²) in [6, 6.07) is 3.83. The quantitative estimate of drug-likeness (QED) is 0.786. The Hall–Kier alpha value is -2.38. The first-order valence-electron chi connectivity index (χ1n) is 10.0. The van der Waals surface area contributed by atoms with Crippen molar-refractivity contribution >= 4 is 17.4 Å². The summed E-state index contributed by atoms with van der Waals surface area (Å²) in [4.78, 5) is 20.1. The number of carboxylic acids is 1. The SMILES string of the molecule is CC=C1CN2[C@@H](OC)C[C@]34C(=Nc5c(OC)cc(OC)cc53)[C@@H]2C[C@@H]1[C@H]4C(=O)O. The fourth-order valence-electron chi connectivity index (χ4n) is 6.24. The van der Waals surface area contributed by atoms with Gasteiger partial charge in [0, 0.05) is 31.9 Å². The molecular weight excluding hydrogens is 372 g/mol. The van der Waals surface area contributed by atoms with Crippen LogP contribution >= 0.6 is 0 Å². The molecule has 3 fully saturated rings. The number of rotatable bonds is 4. The highest BCUT2D eigenvalue weighted by molar-refractivity contribution is 6.10. The van der Waals surface area contributed by atoms with Gasteiger partial charge in [0.15, 0.2) is 0 Å². The van der Waals surface area contributed by atoms with Crippen LogP contribution in [0.5, 0.6) is 11.5 Å². The van der Waals surface area contributed by atoms with Crippen LogP contribution in [0.3, 0.4) is 0 Å². The molecule has 7 nitrogen and oxygen atoms in total. The Labute approximate surface area is 170 Å². The molecule has 3 aliphatic heterocycles. The van der Waals surface area contributed by atoms with Crippen molar-refractivity contribution in [2.24, 2.45) is 16.8 Å². The van der Waals surface area contributed by atoms with Gasteiger partial charge in [0.25, 0.3) is 0 Å².